The lowest BCUT2D eigenvalue weighted by Crippen LogP contribution is -2.42. The number of piperidine rings is 1. The molecule has 0 radical (unpaired) electrons. The molecule has 2 saturated heterocycles. The summed E-state index contributed by atoms with van der Waals surface area (Å²) in [6.45, 7) is 4.11. The number of nitriles is 1. The van der Waals surface area contributed by atoms with Gasteiger partial charge in [0.25, 0.3) is 11.5 Å². The molecule has 2 aliphatic heterocycles. The molecule has 2 fully saturated rings. The summed E-state index contributed by atoms with van der Waals surface area (Å²) in [5, 5.41) is 8.97. The van der Waals surface area contributed by atoms with E-state index >= 15 is 0 Å². The van der Waals surface area contributed by atoms with Gasteiger partial charge in [-0.3, -0.25) is 9.59 Å². The highest BCUT2D eigenvalue weighted by Gasteiger charge is 2.27. The first-order valence-electron chi connectivity index (χ1n) is 8.60. The quantitative estimate of drug-likeness (QED) is 0.846. The molecule has 1 amide bonds. The Bertz CT molecular complexity index is 705. The highest BCUT2D eigenvalue weighted by Crippen LogP contribution is 2.19. The van der Waals surface area contributed by atoms with Crippen molar-refractivity contribution in [1.29, 1.82) is 5.26 Å². The van der Waals surface area contributed by atoms with E-state index in [9.17, 15) is 9.59 Å². The van der Waals surface area contributed by atoms with Crippen molar-refractivity contribution in [2.75, 3.05) is 19.7 Å². The van der Waals surface area contributed by atoms with E-state index in [1.807, 2.05) is 6.07 Å². The first kappa shape index (κ1) is 16.7. The Kier molecular flexibility index (Phi) is 5.00. The number of likely N-dealkylation sites (tertiary alicyclic amines) is 1. The van der Waals surface area contributed by atoms with Gasteiger partial charge in [-0.1, -0.05) is 0 Å². The number of aryl methyl sites for hydroxylation is 1. The summed E-state index contributed by atoms with van der Waals surface area (Å²) in [4.78, 5) is 27.3. The molecule has 0 N–H and O–H groups in total. The maximum Gasteiger partial charge on any atom is 0.263 e. The molecule has 24 heavy (non-hydrogen) atoms. The number of carbonyl (C=O) groups excluding carboxylic acids is 1. The molecule has 0 bridgehead atoms. The average Bonchev–Trinajstić information content (AvgIpc) is 3.10. The Labute approximate surface area is 141 Å². The first-order chi connectivity index (χ1) is 11.6. The Balaban J connectivity index is 1.80. The largest absolute Gasteiger partial charge is 0.376 e. The van der Waals surface area contributed by atoms with Crippen molar-refractivity contribution in [3.8, 4) is 6.07 Å². The molecule has 128 valence electrons. The molecule has 3 rings (SSSR count). The third-order valence-corrected chi connectivity index (χ3v) is 4.98. The lowest BCUT2D eigenvalue weighted by molar-refractivity contribution is 0.0701. The second-order valence-corrected chi connectivity index (χ2v) is 6.66. The van der Waals surface area contributed by atoms with Crippen molar-refractivity contribution >= 4 is 5.91 Å². The van der Waals surface area contributed by atoms with Crippen LogP contribution in [0, 0.1) is 24.2 Å². The molecular weight excluding hydrogens is 306 g/mol. The van der Waals surface area contributed by atoms with Gasteiger partial charge < -0.3 is 14.2 Å². The van der Waals surface area contributed by atoms with Crippen LogP contribution in [-0.4, -0.2) is 41.2 Å². The third-order valence-electron chi connectivity index (χ3n) is 4.98. The van der Waals surface area contributed by atoms with Crippen LogP contribution in [0.3, 0.4) is 0 Å². The molecule has 6 heteroatoms. The van der Waals surface area contributed by atoms with Crippen LogP contribution in [0.4, 0.5) is 0 Å². The van der Waals surface area contributed by atoms with Crippen molar-refractivity contribution in [3.05, 3.63) is 33.7 Å². The van der Waals surface area contributed by atoms with Gasteiger partial charge in [0.05, 0.1) is 18.7 Å². The minimum absolute atomic E-state index is 0.0158. The third kappa shape index (κ3) is 3.36. The minimum atomic E-state index is -0.238. The van der Waals surface area contributed by atoms with Crippen LogP contribution in [-0.2, 0) is 11.3 Å². The number of carbonyl (C=O) groups is 1. The number of hydrogen-bond acceptors (Lipinski definition) is 4. The lowest BCUT2D eigenvalue weighted by atomic mass is 9.97. The van der Waals surface area contributed by atoms with E-state index in [1.54, 1.807) is 22.6 Å². The molecule has 0 saturated carbocycles. The number of hydrogen-bond donors (Lipinski definition) is 0. The average molecular weight is 329 g/mol. The van der Waals surface area contributed by atoms with Gasteiger partial charge in [0, 0.05) is 31.8 Å². The van der Waals surface area contributed by atoms with Gasteiger partial charge in [-0.2, -0.15) is 5.26 Å². The van der Waals surface area contributed by atoms with Crippen molar-refractivity contribution in [1.82, 2.24) is 9.47 Å². The van der Waals surface area contributed by atoms with E-state index < -0.39 is 0 Å². The van der Waals surface area contributed by atoms with E-state index in [1.165, 1.54) is 0 Å². The van der Waals surface area contributed by atoms with Crippen LogP contribution < -0.4 is 5.56 Å². The molecule has 1 unspecified atom stereocenters. The van der Waals surface area contributed by atoms with E-state index in [4.69, 9.17) is 10.00 Å². The Hall–Kier alpha value is -2.13. The van der Waals surface area contributed by atoms with Crippen LogP contribution in [0.2, 0.25) is 0 Å². The van der Waals surface area contributed by atoms with Gasteiger partial charge in [0.15, 0.2) is 0 Å². The lowest BCUT2D eigenvalue weighted by Gasteiger charge is -2.29. The monoisotopic (exact) mass is 329 g/mol. The number of nitrogens with zero attached hydrogens (tertiary/aromatic N) is 3. The molecule has 0 aromatic carbocycles. The van der Waals surface area contributed by atoms with Crippen LogP contribution in [0.15, 0.2) is 17.1 Å². The molecule has 1 atom stereocenters. The maximum absolute atomic E-state index is 12.8. The van der Waals surface area contributed by atoms with Crippen LogP contribution in [0.5, 0.6) is 0 Å². The summed E-state index contributed by atoms with van der Waals surface area (Å²) in [6, 6.07) is 4.08. The fourth-order valence-electron chi connectivity index (χ4n) is 3.45. The zero-order valence-corrected chi connectivity index (χ0v) is 14.0. The number of ether oxygens (including phenoxy) is 1. The molecule has 6 nitrogen and oxygen atoms in total. The first-order valence-corrected chi connectivity index (χ1v) is 8.60. The van der Waals surface area contributed by atoms with E-state index in [2.05, 4.69) is 6.07 Å². The molecule has 0 aliphatic carbocycles. The molecule has 2 aliphatic rings. The zero-order valence-electron chi connectivity index (χ0n) is 14.0. The van der Waals surface area contributed by atoms with Crippen molar-refractivity contribution in [3.63, 3.8) is 0 Å². The number of pyridine rings is 1. The van der Waals surface area contributed by atoms with Crippen molar-refractivity contribution < 1.29 is 9.53 Å². The maximum atomic E-state index is 12.8. The number of amides is 1. The summed E-state index contributed by atoms with van der Waals surface area (Å²) in [5.41, 5.74) is 0.722. The Morgan fingerprint density at radius 2 is 2.12 bits per heavy atom. The van der Waals surface area contributed by atoms with Gasteiger partial charge in [-0.15, -0.1) is 0 Å². The predicted octanol–water partition coefficient (Wildman–Crippen LogP) is 1.71. The summed E-state index contributed by atoms with van der Waals surface area (Å²) < 4.78 is 7.19. The van der Waals surface area contributed by atoms with E-state index in [0.717, 1.165) is 19.4 Å². The molecule has 1 aromatic rings. The number of aromatic nitrogens is 1. The Morgan fingerprint density at radius 3 is 2.75 bits per heavy atom. The van der Waals surface area contributed by atoms with Gasteiger partial charge in [-0.25, -0.2) is 0 Å². The number of rotatable bonds is 3. The van der Waals surface area contributed by atoms with Gasteiger partial charge in [0.1, 0.15) is 5.56 Å². The fraction of sp³-hybridized carbons (Fsp3) is 0.611. The SMILES string of the molecule is Cc1ccn(CC2CCCO2)c(=O)c1C(=O)N1CCC(C#N)CC1. The summed E-state index contributed by atoms with van der Waals surface area (Å²) >= 11 is 0. The molecule has 3 heterocycles. The highest BCUT2D eigenvalue weighted by molar-refractivity contribution is 5.95. The van der Waals surface area contributed by atoms with Crippen LogP contribution in [0.25, 0.3) is 0 Å². The van der Waals surface area contributed by atoms with Gasteiger partial charge in [0.2, 0.25) is 0 Å². The van der Waals surface area contributed by atoms with E-state index in [0.29, 0.717) is 38.0 Å². The summed E-state index contributed by atoms with van der Waals surface area (Å²) in [7, 11) is 0. The second-order valence-electron chi connectivity index (χ2n) is 6.66. The normalized spacial score (nSPS) is 21.7. The minimum Gasteiger partial charge on any atom is -0.376 e. The summed E-state index contributed by atoms with van der Waals surface area (Å²) in [6.07, 6.45) is 5.13. The van der Waals surface area contributed by atoms with Crippen LogP contribution in [0.1, 0.15) is 41.6 Å². The van der Waals surface area contributed by atoms with Crippen molar-refractivity contribution in [2.24, 2.45) is 5.92 Å². The topological polar surface area (TPSA) is 75.3 Å². The van der Waals surface area contributed by atoms with Crippen LogP contribution >= 0.6 is 0 Å². The smallest absolute Gasteiger partial charge is 0.263 e. The highest BCUT2D eigenvalue weighted by atomic mass is 16.5. The molecular formula is C18H23N3O3. The molecule has 1 aromatic heterocycles. The fourth-order valence-corrected chi connectivity index (χ4v) is 3.45. The Morgan fingerprint density at radius 1 is 1.38 bits per heavy atom. The molecule has 0 spiro atoms. The summed E-state index contributed by atoms with van der Waals surface area (Å²) in [5.74, 6) is -0.197. The van der Waals surface area contributed by atoms with Crippen molar-refractivity contribution in [2.45, 2.75) is 45.3 Å². The van der Waals surface area contributed by atoms with E-state index in [-0.39, 0.29) is 29.1 Å². The zero-order chi connectivity index (χ0) is 17.1. The van der Waals surface area contributed by atoms with Gasteiger partial charge in [-0.05, 0) is 44.2 Å². The van der Waals surface area contributed by atoms with Gasteiger partial charge >= 0.3 is 0 Å². The standard InChI is InChI=1S/C18H23N3O3/c1-13-4-7-21(12-15-3-2-10-24-15)18(23)16(13)17(22)20-8-5-14(11-19)6-9-20/h4,7,14-15H,2-3,5-6,8-10,12H2,1H3. The predicted molar refractivity (Wildman–Crippen MR) is 88.7 cm³/mol. The second kappa shape index (κ2) is 7.18.